The third kappa shape index (κ3) is 5.39. The summed E-state index contributed by atoms with van der Waals surface area (Å²) in [5, 5.41) is 3.59. The number of aromatic nitrogens is 2. The Hall–Kier alpha value is -2.86. The smallest absolute Gasteiger partial charge is 0.252 e. The van der Waals surface area contributed by atoms with Gasteiger partial charge in [-0.05, 0) is 75.8 Å². The lowest BCUT2D eigenvalue weighted by atomic mass is 10.0. The molecule has 2 aromatic heterocycles. The summed E-state index contributed by atoms with van der Waals surface area (Å²) >= 11 is 0. The summed E-state index contributed by atoms with van der Waals surface area (Å²) in [6.07, 6.45) is 5.26. The van der Waals surface area contributed by atoms with E-state index in [4.69, 9.17) is 0 Å². The summed E-state index contributed by atoms with van der Waals surface area (Å²) in [6.45, 7) is 9.40. The zero-order valence-electron chi connectivity index (χ0n) is 17.9. The molecular formula is C24H29FN4O. The molecule has 0 saturated carbocycles. The molecule has 3 rings (SSSR count). The zero-order chi connectivity index (χ0) is 21.5. The van der Waals surface area contributed by atoms with Crippen LogP contribution in [0.25, 0.3) is 22.2 Å². The second-order valence-corrected chi connectivity index (χ2v) is 7.50. The molecule has 0 aliphatic heterocycles. The van der Waals surface area contributed by atoms with Crippen molar-refractivity contribution in [1.29, 1.82) is 0 Å². The summed E-state index contributed by atoms with van der Waals surface area (Å²) in [5.74, 6) is -0.596. The topological polar surface area (TPSA) is 58.1 Å². The zero-order valence-corrected chi connectivity index (χ0v) is 17.9. The number of hydrogen-bond acceptors (Lipinski definition) is 4. The Balaban J connectivity index is 1.82. The first kappa shape index (κ1) is 21.8. The Morgan fingerprint density at radius 1 is 1.13 bits per heavy atom. The first-order chi connectivity index (χ1) is 14.5. The molecule has 5 nitrogen and oxygen atoms in total. The van der Waals surface area contributed by atoms with Gasteiger partial charge in [0.1, 0.15) is 5.82 Å². The largest absolute Gasteiger partial charge is 0.350 e. The van der Waals surface area contributed by atoms with Crippen molar-refractivity contribution in [3.05, 3.63) is 60.2 Å². The van der Waals surface area contributed by atoms with Gasteiger partial charge in [0, 0.05) is 29.4 Å². The predicted molar refractivity (Wildman–Crippen MR) is 119 cm³/mol. The molecule has 1 aromatic carbocycles. The van der Waals surface area contributed by atoms with Gasteiger partial charge in [0.05, 0.1) is 16.8 Å². The lowest BCUT2D eigenvalue weighted by Gasteiger charge is -2.20. The normalized spacial score (nSPS) is 12.3. The van der Waals surface area contributed by atoms with Gasteiger partial charge in [-0.25, -0.2) is 9.37 Å². The van der Waals surface area contributed by atoms with Crippen LogP contribution in [0.3, 0.4) is 0 Å². The van der Waals surface area contributed by atoms with Crippen LogP contribution in [0.1, 0.15) is 44.0 Å². The number of carbonyl (C=O) groups is 1. The van der Waals surface area contributed by atoms with Crippen LogP contribution in [-0.4, -0.2) is 46.5 Å². The van der Waals surface area contributed by atoms with E-state index in [0.29, 0.717) is 22.2 Å². The summed E-state index contributed by atoms with van der Waals surface area (Å²) < 4.78 is 13.9. The first-order valence-electron chi connectivity index (χ1n) is 10.6. The van der Waals surface area contributed by atoms with E-state index in [2.05, 4.69) is 34.0 Å². The molecule has 0 spiro atoms. The molecule has 1 amide bonds. The highest BCUT2D eigenvalue weighted by molar-refractivity contribution is 6.07. The maximum absolute atomic E-state index is 13.9. The van der Waals surface area contributed by atoms with Crippen LogP contribution in [0.2, 0.25) is 0 Å². The molecule has 6 heteroatoms. The Labute approximate surface area is 177 Å². The molecule has 3 aromatic rings. The third-order valence-corrected chi connectivity index (χ3v) is 5.37. The predicted octanol–water partition coefficient (Wildman–Crippen LogP) is 4.68. The summed E-state index contributed by atoms with van der Waals surface area (Å²) in [7, 11) is 0. The molecule has 0 saturated heterocycles. The maximum atomic E-state index is 13.9. The Morgan fingerprint density at radius 2 is 1.87 bits per heavy atom. The fourth-order valence-corrected chi connectivity index (χ4v) is 3.59. The van der Waals surface area contributed by atoms with E-state index in [1.807, 2.05) is 19.1 Å². The van der Waals surface area contributed by atoms with Crippen LogP contribution in [0, 0.1) is 5.82 Å². The molecule has 30 heavy (non-hydrogen) atoms. The lowest BCUT2D eigenvalue weighted by molar-refractivity contribution is 0.0939. The summed E-state index contributed by atoms with van der Waals surface area (Å²) in [5.41, 5.74) is 2.54. The van der Waals surface area contributed by atoms with Gasteiger partial charge in [-0.2, -0.15) is 0 Å². The molecule has 1 N–H and O–H groups in total. The Kier molecular flexibility index (Phi) is 7.46. The highest BCUT2D eigenvalue weighted by Crippen LogP contribution is 2.25. The monoisotopic (exact) mass is 408 g/mol. The first-order valence-corrected chi connectivity index (χ1v) is 10.6. The van der Waals surface area contributed by atoms with Gasteiger partial charge in [-0.15, -0.1) is 0 Å². The molecule has 0 aliphatic rings. The van der Waals surface area contributed by atoms with Crippen LogP contribution in [-0.2, 0) is 0 Å². The number of halogens is 1. The molecule has 1 atom stereocenters. The number of fused-ring (bicyclic) bond motifs is 1. The molecule has 0 bridgehead atoms. The Bertz CT molecular complexity index is 989. The molecule has 2 heterocycles. The number of benzene rings is 1. The van der Waals surface area contributed by atoms with Gasteiger partial charge in [0.25, 0.3) is 5.91 Å². The van der Waals surface area contributed by atoms with Gasteiger partial charge in [-0.3, -0.25) is 9.78 Å². The van der Waals surface area contributed by atoms with Gasteiger partial charge < -0.3 is 10.2 Å². The van der Waals surface area contributed by atoms with Crippen molar-refractivity contribution in [2.75, 3.05) is 19.6 Å². The second-order valence-electron chi connectivity index (χ2n) is 7.50. The van der Waals surface area contributed by atoms with Crippen LogP contribution < -0.4 is 5.32 Å². The minimum Gasteiger partial charge on any atom is -0.350 e. The quantitative estimate of drug-likeness (QED) is 0.559. The summed E-state index contributed by atoms with van der Waals surface area (Å²) in [6, 6.07) is 9.79. The third-order valence-electron chi connectivity index (χ3n) is 5.37. The van der Waals surface area contributed by atoms with E-state index < -0.39 is 0 Å². The van der Waals surface area contributed by atoms with Crippen molar-refractivity contribution in [3.63, 3.8) is 0 Å². The highest BCUT2D eigenvalue weighted by atomic mass is 19.1. The number of rotatable bonds is 9. The van der Waals surface area contributed by atoms with Crippen molar-refractivity contribution in [2.45, 2.75) is 39.7 Å². The number of pyridine rings is 2. The van der Waals surface area contributed by atoms with Crippen molar-refractivity contribution in [1.82, 2.24) is 20.2 Å². The van der Waals surface area contributed by atoms with Gasteiger partial charge >= 0.3 is 0 Å². The van der Waals surface area contributed by atoms with Crippen molar-refractivity contribution >= 4 is 16.8 Å². The minimum absolute atomic E-state index is 0.0224. The molecule has 0 fully saturated rings. The number of amides is 1. The minimum atomic E-state index is -0.387. The molecule has 0 radical (unpaired) electrons. The van der Waals surface area contributed by atoms with Crippen LogP contribution in [0.15, 0.2) is 48.8 Å². The van der Waals surface area contributed by atoms with Gasteiger partial charge in [0.15, 0.2) is 0 Å². The average Bonchev–Trinajstić information content (AvgIpc) is 2.76. The van der Waals surface area contributed by atoms with Gasteiger partial charge in [0.2, 0.25) is 0 Å². The number of carbonyl (C=O) groups excluding carboxylic acids is 1. The fourth-order valence-electron chi connectivity index (χ4n) is 3.59. The number of nitrogens with zero attached hydrogens (tertiary/aromatic N) is 3. The molecule has 158 valence electrons. The fraction of sp³-hybridized carbons (Fsp3) is 0.375. The molecular weight excluding hydrogens is 379 g/mol. The van der Waals surface area contributed by atoms with Crippen LogP contribution in [0.5, 0.6) is 0 Å². The maximum Gasteiger partial charge on any atom is 0.252 e. The van der Waals surface area contributed by atoms with E-state index in [1.165, 1.54) is 12.1 Å². The SMILES string of the molecule is CCN(CC)CCCC(C)NC(=O)c1cc(-c2ccncc2)nc2ccc(F)cc12. The Morgan fingerprint density at radius 3 is 2.57 bits per heavy atom. The standard InChI is InChI=1S/C24H29FN4O/c1-4-29(5-2)14-6-7-17(3)27-24(30)21-16-23(18-10-12-26-13-11-18)28-22-9-8-19(25)15-20(21)22/h8-13,15-17H,4-7,14H2,1-3H3,(H,27,30). The van der Waals surface area contributed by atoms with E-state index in [1.54, 1.807) is 24.5 Å². The van der Waals surface area contributed by atoms with Crippen molar-refractivity contribution < 1.29 is 9.18 Å². The highest BCUT2D eigenvalue weighted by Gasteiger charge is 2.17. The second kappa shape index (κ2) is 10.3. The number of nitrogens with one attached hydrogen (secondary N) is 1. The van der Waals surface area contributed by atoms with Crippen molar-refractivity contribution in [3.8, 4) is 11.3 Å². The van der Waals surface area contributed by atoms with Crippen LogP contribution in [0.4, 0.5) is 4.39 Å². The van der Waals surface area contributed by atoms with Crippen LogP contribution >= 0.6 is 0 Å². The average molecular weight is 409 g/mol. The lowest BCUT2D eigenvalue weighted by Crippen LogP contribution is -2.34. The van der Waals surface area contributed by atoms with Gasteiger partial charge in [-0.1, -0.05) is 13.8 Å². The molecule has 1 unspecified atom stereocenters. The van der Waals surface area contributed by atoms with E-state index in [0.717, 1.165) is 38.0 Å². The van der Waals surface area contributed by atoms with E-state index >= 15 is 0 Å². The van der Waals surface area contributed by atoms with E-state index in [-0.39, 0.29) is 17.8 Å². The van der Waals surface area contributed by atoms with Crippen molar-refractivity contribution in [2.24, 2.45) is 0 Å². The van der Waals surface area contributed by atoms with E-state index in [9.17, 15) is 9.18 Å². The molecule has 0 aliphatic carbocycles. The number of hydrogen-bond donors (Lipinski definition) is 1. The summed E-state index contributed by atoms with van der Waals surface area (Å²) in [4.78, 5) is 24.1.